The van der Waals surface area contributed by atoms with E-state index >= 15 is 0 Å². The van der Waals surface area contributed by atoms with Gasteiger partial charge < -0.3 is 4.90 Å². The normalized spacial score (nSPS) is 16.0. The average Bonchev–Trinajstić information content (AvgIpc) is 2.43. The van der Waals surface area contributed by atoms with Crippen LogP contribution in [0.2, 0.25) is 0 Å². The number of benzene rings is 2. The van der Waals surface area contributed by atoms with Crippen LogP contribution in [0.3, 0.4) is 0 Å². The molecule has 4 heteroatoms. The highest BCUT2D eigenvalue weighted by molar-refractivity contribution is 5.86. The highest BCUT2D eigenvalue weighted by Crippen LogP contribution is 2.36. The molecule has 0 radical (unpaired) electrons. The van der Waals surface area contributed by atoms with E-state index in [1.165, 1.54) is 22.6 Å². The number of carbonyl (C=O) groups is 1. The van der Waals surface area contributed by atoms with Crippen LogP contribution in [0.1, 0.15) is 22.6 Å². The summed E-state index contributed by atoms with van der Waals surface area (Å²) in [4.78, 5) is 13.9. The minimum atomic E-state index is -0.622. The number of halogens is 2. The Balaban J connectivity index is 1.72. The summed E-state index contributed by atoms with van der Waals surface area (Å²) in [6.07, 6.45) is 0.727. The molecule has 0 saturated carbocycles. The molecule has 0 fully saturated rings. The Morgan fingerprint density at radius 2 is 2.00 bits per heavy atom. The molecule has 1 atom stereocenters. The second-order valence-electron chi connectivity index (χ2n) is 5.39. The minimum Gasteiger partial charge on any atom is -0.341 e. The van der Waals surface area contributed by atoms with E-state index in [9.17, 15) is 13.6 Å². The molecule has 2 aromatic carbocycles. The van der Waals surface area contributed by atoms with Crippen LogP contribution in [0.15, 0.2) is 42.5 Å². The Labute approximate surface area is 122 Å². The lowest BCUT2D eigenvalue weighted by Crippen LogP contribution is -2.36. The van der Waals surface area contributed by atoms with Crippen LogP contribution in [0.25, 0.3) is 0 Å². The molecule has 0 unspecified atom stereocenters. The topological polar surface area (TPSA) is 20.3 Å². The van der Waals surface area contributed by atoms with Crippen LogP contribution >= 0.6 is 0 Å². The molecule has 2 aromatic rings. The fourth-order valence-corrected chi connectivity index (χ4v) is 2.73. The summed E-state index contributed by atoms with van der Waals surface area (Å²) in [5.74, 6) is -1.41. The van der Waals surface area contributed by atoms with Crippen LogP contribution in [0, 0.1) is 11.6 Å². The summed E-state index contributed by atoms with van der Waals surface area (Å²) in [6.45, 7) is 0.142. The predicted molar refractivity (Wildman–Crippen MR) is 75.7 cm³/mol. The third-order valence-electron chi connectivity index (χ3n) is 3.95. The van der Waals surface area contributed by atoms with Crippen molar-refractivity contribution in [1.29, 1.82) is 0 Å². The van der Waals surface area contributed by atoms with Gasteiger partial charge in [0.1, 0.15) is 11.6 Å². The molecular weight excluding hydrogens is 272 g/mol. The monoisotopic (exact) mass is 287 g/mol. The van der Waals surface area contributed by atoms with Crippen LogP contribution in [0.4, 0.5) is 8.78 Å². The molecular formula is C17H15F2NO. The van der Waals surface area contributed by atoms with E-state index in [2.05, 4.69) is 0 Å². The third kappa shape index (κ3) is 2.53. The van der Waals surface area contributed by atoms with E-state index < -0.39 is 11.6 Å². The summed E-state index contributed by atoms with van der Waals surface area (Å²) < 4.78 is 26.5. The number of carbonyl (C=O) groups excluding carboxylic acids is 1. The van der Waals surface area contributed by atoms with Gasteiger partial charge >= 0.3 is 0 Å². The first-order valence-corrected chi connectivity index (χ1v) is 6.83. The quantitative estimate of drug-likeness (QED) is 0.848. The van der Waals surface area contributed by atoms with Crippen molar-refractivity contribution in [2.75, 3.05) is 7.05 Å². The van der Waals surface area contributed by atoms with Crippen molar-refractivity contribution in [3.8, 4) is 0 Å². The number of nitrogens with zero attached hydrogens (tertiary/aromatic N) is 1. The van der Waals surface area contributed by atoms with E-state index in [1.807, 2.05) is 24.3 Å². The number of hydrogen-bond acceptors (Lipinski definition) is 1. The summed E-state index contributed by atoms with van der Waals surface area (Å²) in [5, 5.41) is 0. The number of likely N-dealkylation sites (N-methyl/N-ethyl adjacent to an activating group) is 1. The molecule has 0 aromatic heterocycles. The van der Waals surface area contributed by atoms with E-state index in [0.717, 1.165) is 18.1 Å². The van der Waals surface area contributed by atoms with Gasteiger partial charge in [-0.1, -0.05) is 30.3 Å². The highest BCUT2D eigenvalue weighted by atomic mass is 19.1. The first kappa shape index (κ1) is 13.7. The zero-order valence-corrected chi connectivity index (χ0v) is 11.6. The van der Waals surface area contributed by atoms with Crippen LogP contribution in [-0.4, -0.2) is 17.9 Å². The molecule has 0 spiro atoms. The largest absolute Gasteiger partial charge is 0.341 e. The maximum atomic E-state index is 13.6. The van der Waals surface area contributed by atoms with E-state index in [4.69, 9.17) is 0 Å². The van der Waals surface area contributed by atoms with Gasteiger partial charge in [-0.2, -0.15) is 0 Å². The lowest BCUT2D eigenvalue weighted by atomic mass is 9.77. The lowest BCUT2D eigenvalue weighted by molar-refractivity contribution is -0.132. The summed E-state index contributed by atoms with van der Waals surface area (Å²) in [7, 11) is 1.64. The number of fused-ring (bicyclic) bond motifs is 1. The number of amides is 1. The second kappa shape index (κ2) is 5.28. The summed E-state index contributed by atoms with van der Waals surface area (Å²) >= 11 is 0. The Morgan fingerprint density at radius 3 is 2.71 bits per heavy atom. The smallest absolute Gasteiger partial charge is 0.230 e. The van der Waals surface area contributed by atoms with Gasteiger partial charge in [0.25, 0.3) is 0 Å². The van der Waals surface area contributed by atoms with Gasteiger partial charge in [-0.15, -0.1) is 0 Å². The molecule has 21 heavy (non-hydrogen) atoms. The molecule has 1 amide bonds. The van der Waals surface area contributed by atoms with Crippen molar-refractivity contribution >= 4 is 5.91 Å². The van der Waals surface area contributed by atoms with Crippen molar-refractivity contribution in [2.45, 2.75) is 18.9 Å². The Hall–Kier alpha value is -2.23. The van der Waals surface area contributed by atoms with Gasteiger partial charge in [0.05, 0.1) is 5.92 Å². The van der Waals surface area contributed by atoms with Gasteiger partial charge in [0.15, 0.2) is 0 Å². The molecule has 0 heterocycles. The van der Waals surface area contributed by atoms with Crippen molar-refractivity contribution in [2.24, 2.45) is 0 Å². The first-order valence-electron chi connectivity index (χ1n) is 6.83. The molecule has 1 aliphatic carbocycles. The van der Waals surface area contributed by atoms with E-state index in [0.29, 0.717) is 5.56 Å². The Kier molecular flexibility index (Phi) is 3.45. The van der Waals surface area contributed by atoms with Crippen LogP contribution < -0.4 is 0 Å². The van der Waals surface area contributed by atoms with Crippen molar-refractivity contribution in [3.63, 3.8) is 0 Å². The average molecular weight is 287 g/mol. The zero-order valence-electron chi connectivity index (χ0n) is 11.6. The number of rotatable bonds is 3. The maximum Gasteiger partial charge on any atom is 0.230 e. The summed E-state index contributed by atoms with van der Waals surface area (Å²) in [6, 6.07) is 11.3. The molecule has 1 aliphatic rings. The second-order valence-corrected chi connectivity index (χ2v) is 5.39. The molecule has 0 N–H and O–H groups in total. The van der Waals surface area contributed by atoms with Crippen LogP contribution in [-0.2, 0) is 17.8 Å². The van der Waals surface area contributed by atoms with Crippen molar-refractivity contribution < 1.29 is 13.6 Å². The van der Waals surface area contributed by atoms with Gasteiger partial charge in [-0.3, -0.25) is 4.79 Å². The molecule has 0 bridgehead atoms. The lowest BCUT2D eigenvalue weighted by Gasteiger charge is -2.32. The fraction of sp³-hybridized carbons (Fsp3) is 0.235. The number of hydrogen-bond donors (Lipinski definition) is 0. The molecule has 0 aliphatic heterocycles. The van der Waals surface area contributed by atoms with Crippen molar-refractivity contribution in [3.05, 3.63) is 70.8 Å². The van der Waals surface area contributed by atoms with E-state index in [-0.39, 0.29) is 18.4 Å². The predicted octanol–water partition coefficient (Wildman–Crippen LogP) is 3.26. The molecule has 3 rings (SSSR count). The zero-order chi connectivity index (χ0) is 15.0. The van der Waals surface area contributed by atoms with Gasteiger partial charge in [0, 0.05) is 25.2 Å². The highest BCUT2D eigenvalue weighted by Gasteiger charge is 2.33. The van der Waals surface area contributed by atoms with Gasteiger partial charge in [-0.05, 0) is 23.6 Å². The molecule has 0 saturated heterocycles. The first-order chi connectivity index (χ1) is 10.1. The van der Waals surface area contributed by atoms with Gasteiger partial charge in [0.2, 0.25) is 5.91 Å². The van der Waals surface area contributed by atoms with Crippen LogP contribution in [0.5, 0.6) is 0 Å². The fourth-order valence-electron chi connectivity index (χ4n) is 2.73. The molecule has 2 nitrogen and oxygen atoms in total. The maximum absolute atomic E-state index is 13.6. The Morgan fingerprint density at radius 1 is 1.24 bits per heavy atom. The summed E-state index contributed by atoms with van der Waals surface area (Å²) in [5.41, 5.74) is 2.56. The minimum absolute atomic E-state index is 0.0302. The third-order valence-corrected chi connectivity index (χ3v) is 3.95. The Bertz CT molecular complexity index is 699. The SMILES string of the molecule is CN(Cc1ccc(F)cc1F)C(=O)[C@@H]1Cc2ccccc21. The van der Waals surface area contributed by atoms with E-state index in [1.54, 1.807) is 7.05 Å². The van der Waals surface area contributed by atoms with Crippen molar-refractivity contribution in [1.82, 2.24) is 4.90 Å². The standard InChI is InChI=1S/C17H15F2NO/c1-20(10-12-6-7-13(18)9-16(12)19)17(21)15-8-11-4-2-3-5-14(11)15/h2-7,9,15H,8,10H2,1H3/t15-/m1/s1. The molecule has 108 valence electrons. The van der Waals surface area contributed by atoms with Gasteiger partial charge in [-0.25, -0.2) is 8.78 Å².